The van der Waals surface area contributed by atoms with E-state index >= 15 is 0 Å². The van der Waals surface area contributed by atoms with E-state index in [4.69, 9.17) is 15.6 Å². The van der Waals surface area contributed by atoms with Gasteiger partial charge < -0.3 is 30.3 Å². The van der Waals surface area contributed by atoms with Crippen molar-refractivity contribution in [3.8, 4) is 0 Å². The van der Waals surface area contributed by atoms with Crippen LogP contribution in [0.3, 0.4) is 0 Å². The van der Waals surface area contributed by atoms with Gasteiger partial charge in [-0.3, -0.25) is 5.73 Å². The maximum absolute atomic E-state index is 10.5. The lowest BCUT2D eigenvalue weighted by Crippen LogP contribution is -2.75. The summed E-state index contributed by atoms with van der Waals surface area (Å²) in [6.07, 6.45) is -4.78. The molecule has 0 radical (unpaired) electrons. The monoisotopic (exact) mass is 271 g/mol. The molecule has 1 unspecified atom stereocenters. The molecule has 5 atom stereocenters. The summed E-state index contributed by atoms with van der Waals surface area (Å²) in [6, 6.07) is 7.73. The molecular formula is C12H17NO6. The molecule has 19 heavy (non-hydrogen) atoms. The van der Waals surface area contributed by atoms with Gasteiger partial charge in [-0.1, -0.05) is 30.3 Å². The highest BCUT2D eigenvalue weighted by Gasteiger charge is 2.62. The molecule has 7 heteroatoms. The Morgan fingerprint density at radius 1 is 1.16 bits per heavy atom. The lowest BCUT2D eigenvalue weighted by Gasteiger charge is -2.51. The summed E-state index contributed by atoms with van der Waals surface area (Å²) in [4.78, 5) is 0. The fraction of sp³-hybridized carbons (Fsp3) is 0.500. The standard InChI is InChI=1S/C12H17NO6/c13-11(17)10(16)9(15)8(6-14)19-12(11,18)7-4-2-1-3-5-7/h1-5,8-10,14-18H,6,13H2/t8-,9-,10+,11+,12?/m1/s1. The van der Waals surface area contributed by atoms with Crippen LogP contribution in [0.25, 0.3) is 0 Å². The van der Waals surface area contributed by atoms with Gasteiger partial charge in [0.15, 0.2) is 0 Å². The maximum Gasteiger partial charge on any atom is 0.239 e. The molecule has 2 rings (SSSR count). The van der Waals surface area contributed by atoms with E-state index in [0.29, 0.717) is 0 Å². The highest BCUT2D eigenvalue weighted by Crippen LogP contribution is 2.40. The number of hydrogen-bond donors (Lipinski definition) is 6. The van der Waals surface area contributed by atoms with E-state index in [0.717, 1.165) is 0 Å². The van der Waals surface area contributed by atoms with Gasteiger partial charge in [0, 0.05) is 5.56 Å². The highest BCUT2D eigenvalue weighted by molar-refractivity contribution is 5.25. The number of hydrogen-bond acceptors (Lipinski definition) is 7. The van der Waals surface area contributed by atoms with Crippen molar-refractivity contribution in [2.24, 2.45) is 5.73 Å². The molecule has 1 aromatic rings. The molecule has 106 valence electrons. The molecule has 1 aliphatic rings. The predicted octanol–water partition coefficient (Wildman–Crippen LogP) is -2.41. The average Bonchev–Trinajstić information content (AvgIpc) is 2.42. The lowest BCUT2D eigenvalue weighted by atomic mass is 9.83. The molecule has 0 aliphatic carbocycles. The van der Waals surface area contributed by atoms with Crippen LogP contribution in [0, 0.1) is 0 Å². The summed E-state index contributed by atoms with van der Waals surface area (Å²) in [5, 5.41) is 49.2. The van der Waals surface area contributed by atoms with E-state index in [9.17, 15) is 20.4 Å². The lowest BCUT2D eigenvalue weighted by molar-refractivity contribution is -0.396. The quantitative estimate of drug-likeness (QED) is 0.330. The number of rotatable bonds is 2. The first-order valence-electron chi connectivity index (χ1n) is 5.78. The number of benzene rings is 1. The van der Waals surface area contributed by atoms with E-state index < -0.39 is 36.4 Å². The van der Waals surface area contributed by atoms with Crippen LogP contribution < -0.4 is 5.73 Å². The van der Waals surface area contributed by atoms with Crippen LogP contribution in [0.5, 0.6) is 0 Å². The third-order valence-electron chi connectivity index (χ3n) is 3.37. The summed E-state index contributed by atoms with van der Waals surface area (Å²) in [5.41, 5.74) is 3.00. The Hall–Kier alpha value is -1.06. The molecular weight excluding hydrogens is 254 g/mol. The van der Waals surface area contributed by atoms with Crippen LogP contribution in [0.1, 0.15) is 5.56 Å². The SMILES string of the molecule is N[C@]1(O)[C@@H](O)[C@H](O)[C@@H](CO)OC1(O)c1ccccc1. The van der Waals surface area contributed by atoms with Gasteiger partial charge in [0.1, 0.15) is 18.3 Å². The van der Waals surface area contributed by atoms with Crippen LogP contribution in [-0.4, -0.2) is 56.2 Å². The second-order valence-corrected chi connectivity index (χ2v) is 4.61. The number of aliphatic hydroxyl groups excluding tert-OH is 3. The van der Waals surface area contributed by atoms with Gasteiger partial charge in [-0.25, -0.2) is 0 Å². The summed E-state index contributed by atoms with van der Waals surface area (Å²) in [7, 11) is 0. The molecule has 0 aromatic heterocycles. The van der Waals surface area contributed by atoms with Crippen molar-refractivity contribution in [2.45, 2.75) is 29.8 Å². The summed E-state index contributed by atoms with van der Waals surface area (Å²) in [6.45, 7) is -0.649. The molecule has 1 aliphatic heterocycles. The molecule has 1 saturated heterocycles. The van der Waals surface area contributed by atoms with E-state index in [2.05, 4.69) is 0 Å². The van der Waals surface area contributed by atoms with Gasteiger partial charge in [0.25, 0.3) is 0 Å². The smallest absolute Gasteiger partial charge is 0.239 e. The van der Waals surface area contributed by atoms with Gasteiger partial charge in [0.2, 0.25) is 11.5 Å². The second-order valence-electron chi connectivity index (χ2n) is 4.61. The molecule has 1 heterocycles. The van der Waals surface area contributed by atoms with E-state index in [1.165, 1.54) is 12.1 Å². The van der Waals surface area contributed by atoms with E-state index in [-0.39, 0.29) is 5.56 Å². The van der Waals surface area contributed by atoms with Gasteiger partial charge >= 0.3 is 0 Å². The third kappa shape index (κ3) is 2.05. The summed E-state index contributed by atoms with van der Waals surface area (Å²) in [5.74, 6) is -2.44. The first-order valence-corrected chi connectivity index (χ1v) is 5.78. The van der Waals surface area contributed by atoms with E-state index in [1.807, 2.05) is 0 Å². The zero-order valence-corrected chi connectivity index (χ0v) is 10.0. The average molecular weight is 271 g/mol. The Balaban J connectivity index is 2.48. The van der Waals surface area contributed by atoms with Crippen LogP contribution in [0.15, 0.2) is 30.3 Å². The van der Waals surface area contributed by atoms with Crippen molar-refractivity contribution in [3.05, 3.63) is 35.9 Å². The van der Waals surface area contributed by atoms with Gasteiger partial charge in [-0.2, -0.15) is 0 Å². The third-order valence-corrected chi connectivity index (χ3v) is 3.37. The van der Waals surface area contributed by atoms with Crippen LogP contribution >= 0.6 is 0 Å². The van der Waals surface area contributed by atoms with Crippen molar-refractivity contribution < 1.29 is 30.3 Å². The zero-order valence-electron chi connectivity index (χ0n) is 10.0. The fourth-order valence-corrected chi connectivity index (χ4v) is 2.16. The first-order chi connectivity index (χ1) is 8.84. The van der Waals surface area contributed by atoms with Crippen LogP contribution in [0.2, 0.25) is 0 Å². The zero-order chi connectivity index (χ0) is 14.3. The molecule has 0 amide bonds. The predicted molar refractivity (Wildman–Crippen MR) is 63.4 cm³/mol. The summed E-state index contributed by atoms with van der Waals surface area (Å²) >= 11 is 0. The van der Waals surface area contributed by atoms with Gasteiger partial charge in [-0.15, -0.1) is 0 Å². The van der Waals surface area contributed by atoms with Crippen molar-refractivity contribution in [1.82, 2.24) is 0 Å². The topological polar surface area (TPSA) is 136 Å². The van der Waals surface area contributed by atoms with Crippen LogP contribution in [0.4, 0.5) is 0 Å². The summed E-state index contributed by atoms with van der Waals surface area (Å²) < 4.78 is 5.13. The Morgan fingerprint density at radius 3 is 2.26 bits per heavy atom. The molecule has 0 spiro atoms. The Morgan fingerprint density at radius 2 is 1.74 bits per heavy atom. The van der Waals surface area contributed by atoms with Crippen molar-refractivity contribution in [1.29, 1.82) is 0 Å². The molecule has 1 aromatic carbocycles. The normalized spacial score (nSPS) is 43.2. The largest absolute Gasteiger partial charge is 0.394 e. The minimum Gasteiger partial charge on any atom is -0.394 e. The number of aliphatic hydroxyl groups is 5. The van der Waals surface area contributed by atoms with Gasteiger partial charge in [-0.05, 0) is 0 Å². The van der Waals surface area contributed by atoms with Crippen molar-refractivity contribution in [2.75, 3.05) is 6.61 Å². The molecule has 7 N–H and O–H groups in total. The molecule has 1 fully saturated rings. The Bertz CT molecular complexity index is 439. The Kier molecular flexibility index (Phi) is 3.63. The number of nitrogens with two attached hydrogens (primary N) is 1. The Labute approximate surface area is 109 Å². The highest BCUT2D eigenvalue weighted by atomic mass is 16.7. The maximum atomic E-state index is 10.5. The van der Waals surface area contributed by atoms with E-state index in [1.54, 1.807) is 18.2 Å². The molecule has 0 saturated carbocycles. The van der Waals surface area contributed by atoms with Crippen molar-refractivity contribution in [3.63, 3.8) is 0 Å². The fourth-order valence-electron chi connectivity index (χ4n) is 2.16. The minimum absolute atomic E-state index is 0.101. The second kappa shape index (κ2) is 4.80. The van der Waals surface area contributed by atoms with Crippen molar-refractivity contribution >= 4 is 0 Å². The van der Waals surface area contributed by atoms with Gasteiger partial charge in [0.05, 0.1) is 6.61 Å². The molecule has 7 nitrogen and oxygen atoms in total. The molecule has 0 bridgehead atoms. The first kappa shape index (κ1) is 14.4. The minimum atomic E-state index is -2.63. The van der Waals surface area contributed by atoms with Crippen LogP contribution in [-0.2, 0) is 10.5 Å². The number of ether oxygens (including phenoxy) is 1.